The summed E-state index contributed by atoms with van der Waals surface area (Å²) in [5, 5.41) is 31.9. The number of hydrogen-bond acceptors (Lipinski definition) is 22. The van der Waals surface area contributed by atoms with Crippen LogP contribution < -0.4 is 47.9 Å². The molecule has 0 saturated carbocycles. The first-order valence-corrected chi connectivity index (χ1v) is 28.9. The molecule has 0 aromatic rings. The van der Waals surface area contributed by atoms with Crippen LogP contribution in [0.5, 0.6) is 0 Å². The average Bonchev–Trinajstić information content (AvgIpc) is 3.45. The minimum Gasteiger partial charge on any atom is -0.449 e. The summed E-state index contributed by atoms with van der Waals surface area (Å²) in [4.78, 5) is 118. The van der Waals surface area contributed by atoms with Crippen LogP contribution in [0, 0.1) is 15.7 Å². The van der Waals surface area contributed by atoms with E-state index in [2.05, 4.69) is 58.2 Å². The molecule has 0 aliphatic carbocycles. The van der Waals surface area contributed by atoms with Crippen LogP contribution in [0.15, 0.2) is 10.4 Å². The van der Waals surface area contributed by atoms with Crippen LogP contribution in [0.4, 0.5) is 4.79 Å². The molecule has 0 aliphatic heterocycles. The van der Waals surface area contributed by atoms with Crippen molar-refractivity contribution in [2.75, 3.05) is 151 Å². The van der Waals surface area contributed by atoms with Crippen LogP contribution in [-0.2, 0) is 71.5 Å². The van der Waals surface area contributed by atoms with E-state index in [0.717, 1.165) is 12.8 Å². The fraction of sp³-hybridized carbons (Fsp3) is 0.852. The topological polar surface area (TPSA) is 378 Å². The SMILES string of the molecule is CC(=O)NCCOCCOCCOCCNC(=O)COCC(=O)NCCOCCOCCOCCNC(=O)OCCC(=O)NCCCCC(C=O)NC(=O)CCCC(=O)NCCC(CCNC(C)(C)C(C)N=O)CCNC(C)(C)C(C)N=O. The van der Waals surface area contributed by atoms with Gasteiger partial charge in [-0.15, -0.1) is 0 Å². The number of amides is 7. The molecule has 0 aromatic carbocycles. The zero-order chi connectivity index (χ0) is 61.8. The van der Waals surface area contributed by atoms with Crippen LogP contribution in [-0.4, -0.2) is 228 Å². The number of nitroso groups, excluding NO2 is 2. The maximum absolute atomic E-state index is 12.6. The van der Waals surface area contributed by atoms with Gasteiger partial charge >= 0.3 is 6.09 Å². The van der Waals surface area contributed by atoms with Crippen molar-refractivity contribution in [1.29, 1.82) is 0 Å². The van der Waals surface area contributed by atoms with Crippen LogP contribution in [0.25, 0.3) is 0 Å². The summed E-state index contributed by atoms with van der Waals surface area (Å²) in [6.07, 6.45) is 4.23. The van der Waals surface area contributed by atoms with Crippen molar-refractivity contribution in [3.05, 3.63) is 9.81 Å². The highest BCUT2D eigenvalue weighted by molar-refractivity contribution is 5.81. The molecule has 480 valence electrons. The van der Waals surface area contributed by atoms with Crippen molar-refractivity contribution >= 4 is 47.8 Å². The van der Waals surface area contributed by atoms with E-state index in [-0.39, 0.29) is 121 Å². The summed E-state index contributed by atoms with van der Waals surface area (Å²) in [6, 6.07) is -1.53. The van der Waals surface area contributed by atoms with E-state index in [1.165, 1.54) is 6.92 Å². The van der Waals surface area contributed by atoms with E-state index in [1.807, 2.05) is 27.7 Å². The van der Waals surface area contributed by atoms with Gasteiger partial charge < -0.3 is 90.5 Å². The monoisotopic (exact) mass is 1190 g/mol. The molecule has 83 heavy (non-hydrogen) atoms. The van der Waals surface area contributed by atoms with Gasteiger partial charge in [0.1, 0.15) is 38.2 Å². The maximum Gasteiger partial charge on any atom is 0.407 e. The molecule has 0 radical (unpaired) electrons. The van der Waals surface area contributed by atoms with Gasteiger partial charge in [-0.25, -0.2) is 4.79 Å². The molecule has 0 saturated heterocycles. The number of alkyl carbamates (subject to hydrolysis) is 1. The number of nitrogens with one attached hydrogen (secondary N) is 9. The van der Waals surface area contributed by atoms with Gasteiger partial charge in [0.05, 0.1) is 91.7 Å². The van der Waals surface area contributed by atoms with Gasteiger partial charge in [-0.05, 0) is 105 Å². The van der Waals surface area contributed by atoms with Gasteiger partial charge in [0.25, 0.3) is 0 Å². The molecule has 0 spiro atoms. The Bertz CT molecular complexity index is 1770. The lowest BCUT2D eigenvalue weighted by Crippen LogP contribution is -2.48. The second kappa shape index (κ2) is 51.1. The molecule has 3 unspecified atom stereocenters. The molecular weight excluding hydrogens is 1090 g/mol. The first-order valence-electron chi connectivity index (χ1n) is 28.9. The summed E-state index contributed by atoms with van der Waals surface area (Å²) >= 11 is 0. The predicted molar refractivity (Wildman–Crippen MR) is 308 cm³/mol. The van der Waals surface area contributed by atoms with Crippen LogP contribution in [0.2, 0.25) is 0 Å². The fourth-order valence-corrected chi connectivity index (χ4v) is 7.12. The Labute approximate surface area is 490 Å². The highest BCUT2D eigenvalue weighted by Crippen LogP contribution is 2.18. The molecule has 0 fully saturated rings. The van der Waals surface area contributed by atoms with Crippen molar-refractivity contribution in [1.82, 2.24) is 47.9 Å². The molecule has 0 bridgehead atoms. The number of carbonyl (C=O) groups is 8. The number of aldehydes is 1. The van der Waals surface area contributed by atoms with Crippen LogP contribution in [0.3, 0.4) is 0 Å². The number of unbranched alkanes of at least 4 members (excludes halogenated alkanes) is 1. The molecular formula is C54H101N11O18. The number of rotatable bonds is 57. The minimum absolute atomic E-state index is 0.0424. The fourth-order valence-electron chi connectivity index (χ4n) is 7.12. The van der Waals surface area contributed by atoms with E-state index in [1.54, 1.807) is 13.8 Å². The van der Waals surface area contributed by atoms with E-state index in [9.17, 15) is 48.2 Å². The number of nitrogens with zero attached hydrogens (tertiary/aromatic N) is 2. The Morgan fingerprint density at radius 2 is 0.843 bits per heavy atom. The number of carbonyl (C=O) groups excluding carboxylic acids is 8. The molecule has 29 heteroatoms. The molecule has 29 nitrogen and oxygen atoms in total. The van der Waals surface area contributed by atoms with Gasteiger partial charge in [0.15, 0.2) is 0 Å². The minimum atomic E-state index is -0.702. The molecule has 3 atom stereocenters. The van der Waals surface area contributed by atoms with Crippen molar-refractivity contribution in [3.8, 4) is 0 Å². The summed E-state index contributed by atoms with van der Waals surface area (Å²) in [6.45, 7) is 19.1. The van der Waals surface area contributed by atoms with Crippen molar-refractivity contribution in [2.45, 2.75) is 142 Å². The average molecular weight is 1190 g/mol. The van der Waals surface area contributed by atoms with Gasteiger partial charge in [-0.2, -0.15) is 9.81 Å². The quantitative estimate of drug-likeness (QED) is 0.0230. The molecule has 9 N–H and O–H groups in total. The molecule has 0 heterocycles. The van der Waals surface area contributed by atoms with E-state index in [0.29, 0.717) is 124 Å². The lowest BCUT2D eigenvalue weighted by atomic mass is 9.92. The third-order valence-corrected chi connectivity index (χ3v) is 12.9. The normalized spacial score (nSPS) is 12.9. The Hall–Kier alpha value is -5.40. The molecule has 0 rings (SSSR count). The molecule has 7 amide bonds. The predicted octanol–water partition coefficient (Wildman–Crippen LogP) is 0.677. The van der Waals surface area contributed by atoms with Crippen LogP contribution >= 0.6 is 0 Å². The largest absolute Gasteiger partial charge is 0.449 e. The summed E-state index contributed by atoms with van der Waals surface area (Å²) < 4.78 is 42.5. The maximum atomic E-state index is 12.6. The van der Waals surface area contributed by atoms with E-state index in [4.69, 9.17) is 37.9 Å². The van der Waals surface area contributed by atoms with Gasteiger partial charge in [0, 0.05) is 70.1 Å². The van der Waals surface area contributed by atoms with Crippen molar-refractivity contribution < 1.29 is 76.3 Å². The van der Waals surface area contributed by atoms with Crippen molar-refractivity contribution in [3.63, 3.8) is 0 Å². The second-order valence-corrected chi connectivity index (χ2v) is 20.6. The Kier molecular flexibility index (Phi) is 47.7. The van der Waals surface area contributed by atoms with E-state index >= 15 is 0 Å². The van der Waals surface area contributed by atoms with Crippen molar-refractivity contribution in [2.24, 2.45) is 16.3 Å². The summed E-state index contributed by atoms with van der Waals surface area (Å²) in [5.41, 5.74) is -0.944. The smallest absolute Gasteiger partial charge is 0.407 e. The second-order valence-electron chi connectivity index (χ2n) is 20.6. The number of hydrogen-bond donors (Lipinski definition) is 9. The molecule has 0 aromatic heterocycles. The highest BCUT2D eigenvalue weighted by Gasteiger charge is 2.28. The Morgan fingerprint density at radius 3 is 1.31 bits per heavy atom. The standard InChI is InChI=1S/C54H101N11O18/c1-42(64-74)53(4,5)61-20-15-45(16-21-62-54(6,7)43(2)65-75)14-19-57-47(68)12-10-13-49(70)63-46(39-66)11-8-9-18-56-48(69)17-26-83-52(73)60-25-30-79-34-38-81-37-33-78-29-24-59-51(72)41-82-40-50(71)58-23-28-77-32-36-80-35-31-76-27-22-55-44(3)67/h39,42-43,45-46,61-62H,8-38,40-41H2,1-7H3,(H,55,67)(H,56,69)(H,57,68)(H,58,71)(H,59,72)(H,60,73)(H,63,70). The highest BCUT2D eigenvalue weighted by atomic mass is 16.6. The Morgan fingerprint density at radius 1 is 0.434 bits per heavy atom. The first kappa shape index (κ1) is 77.6. The first-order chi connectivity index (χ1) is 39.8. The zero-order valence-corrected chi connectivity index (χ0v) is 50.5. The van der Waals surface area contributed by atoms with Gasteiger partial charge in [0.2, 0.25) is 35.4 Å². The van der Waals surface area contributed by atoms with Gasteiger partial charge in [-0.3, -0.25) is 28.8 Å². The number of ether oxygens (including phenoxy) is 8. The summed E-state index contributed by atoms with van der Waals surface area (Å²) in [7, 11) is 0. The third-order valence-electron chi connectivity index (χ3n) is 12.9. The zero-order valence-electron chi connectivity index (χ0n) is 50.5. The Balaban J connectivity index is 3.89. The van der Waals surface area contributed by atoms with E-state index < -0.39 is 41.2 Å². The lowest BCUT2D eigenvalue weighted by Gasteiger charge is -2.31. The van der Waals surface area contributed by atoms with Crippen LogP contribution in [0.1, 0.15) is 113 Å². The molecule has 0 aliphatic rings. The summed E-state index contributed by atoms with van der Waals surface area (Å²) in [5.74, 6) is -1.49. The lowest BCUT2D eigenvalue weighted by molar-refractivity contribution is -0.131. The third kappa shape index (κ3) is 47.6. The van der Waals surface area contributed by atoms with Gasteiger partial charge in [-0.1, -0.05) is 10.4 Å².